The third-order valence-electron chi connectivity index (χ3n) is 3.44. The van der Waals surface area contributed by atoms with Gasteiger partial charge in [0.2, 0.25) is 0 Å². The lowest BCUT2D eigenvalue weighted by Crippen LogP contribution is -1.98. The fraction of sp³-hybridized carbons (Fsp3) is 0.227. The average molecular weight is 352 g/mol. The maximum Gasteiger partial charge on any atom is 0.185 e. The highest BCUT2D eigenvalue weighted by atomic mass is 16.5. The summed E-state index contributed by atoms with van der Waals surface area (Å²) in [4.78, 5) is 12.4. The van der Waals surface area contributed by atoms with Gasteiger partial charge in [0, 0.05) is 11.1 Å². The van der Waals surface area contributed by atoms with Crippen LogP contribution < -0.4 is 14.2 Å². The van der Waals surface area contributed by atoms with E-state index in [-0.39, 0.29) is 5.78 Å². The first kappa shape index (κ1) is 19.3. The standard InChI is InChI=1S/C22H24O4/c1-5-24-20-12-14-22(25-6-2)18(15-20)9-13-21(23)17-7-10-19(11-8-17)26-16(3)4/h7-15H,3,5-6H2,1-2,4H3/b13-9+. The molecule has 0 bridgehead atoms. The van der Waals surface area contributed by atoms with Crippen LogP contribution in [-0.2, 0) is 0 Å². The van der Waals surface area contributed by atoms with Crippen molar-refractivity contribution in [1.29, 1.82) is 0 Å². The van der Waals surface area contributed by atoms with Gasteiger partial charge < -0.3 is 14.2 Å². The summed E-state index contributed by atoms with van der Waals surface area (Å²) in [7, 11) is 0. The van der Waals surface area contributed by atoms with Gasteiger partial charge >= 0.3 is 0 Å². The number of allylic oxidation sites excluding steroid dienone is 2. The second-order valence-corrected chi connectivity index (χ2v) is 5.59. The molecule has 0 spiro atoms. The van der Waals surface area contributed by atoms with Crippen molar-refractivity contribution >= 4 is 11.9 Å². The maximum atomic E-state index is 12.4. The smallest absolute Gasteiger partial charge is 0.185 e. The summed E-state index contributed by atoms with van der Waals surface area (Å²) >= 11 is 0. The van der Waals surface area contributed by atoms with Gasteiger partial charge in [-0.05, 0) is 75.4 Å². The van der Waals surface area contributed by atoms with E-state index in [1.54, 1.807) is 37.3 Å². The van der Waals surface area contributed by atoms with Crippen LogP contribution >= 0.6 is 0 Å². The highest BCUT2D eigenvalue weighted by molar-refractivity contribution is 6.07. The van der Waals surface area contributed by atoms with Crippen LogP contribution in [0.15, 0.2) is 60.9 Å². The number of carbonyl (C=O) groups is 1. The molecule has 0 N–H and O–H groups in total. The molecular weight excluding hydrogens is 328 g/mol. The molecule has 136 valence electrons. The number of ketones is 1. The van der Waals surface area contributed by atoms with Crippen molar-refractivity contribution in [2.75, 3.05) is 13.2 Å². The molecule has 2 aromatic carbocycles. The minimum atomic E-state index is -0.101. The summed E-state index contributed by atoms with van der Waals surface area (Å²) < 4.78 is 16.5. The van der Waals surface area contributed by atoms with Gasteiger partial charge in [0.05, 0.1) is 19.0 Å². The van der Waals surface area contributed by atoms with Crippen molar-refractivity contribution in [2.24, 2.45) is 0 Å². The van der Waals surface area contributed by atoms with E-state index in [2.05, 4.69) is 6.58 Å². The van der Waals surface area contributed by atoms with E-state index >= 15 is 0 Å². The van der Waals surface area contributed by atoms with Gasteiger partial charge in [0.1, 0.15) is 17.2 Å². The molecule has 0 aromatic heterocycles. The second kappa shape index (κ2) is 9.47. The zero-order chi connectivity index (χ0) is 18.9. The molecule has 0 saturated carbocycles. The van der Waals surface area contributed by atoms with Gasteiger partial charge in [-0.3, -0.25) is 4.79 Å². The van der Waals surface area contributed by atoms with Crippen LogP contribution in [-0.4, -0.2) is 19.0 Å². The van der Waals surface area contributed by atoms with Gasteiger partial charge in [-0.1, -0.05) is 6.58 Å². The Hall–Kier alpha value is -3.01. The molecule has 2 aromatic rings. The lowest BCUT2D eigenvalue weighted by atomic mass is 10.1. The van der Waals surface area contributed by atoms with E-state index in [1.807, 2.05) is 32.0 Å². The van der Waals surface area contributed by atoms with E-state index in [4.69, 9.17) is 14.2 Å². The molecule has 0 unspecified atom stereocenters. The Bertz CT molecular complexity index is 788. The molecule has 0 saturated heterocycles. The highest BCUT2D eigenvalue weighted by Crippen LogP contribution is 2.26. The van der Waals surface area contributed by atoms with Crippen LogP contribution in [0.2, 0.25) is 0 Å². The normalized spacial score (nSPS) is 10.6. The number of hydrogen-bond donors (Lipinski definition) is 0. The Morgan fingerprint density at radius 2 is 1.65 bits per heavy atom. The Morgan fingerprint density at radius 3 is 2.27 bits per heavy atom. The minimum absolute atomic E-state index is 0.101. The first-order chi connectivity index (χ1) is 12.5. The van der Waals surface area contributed by atoms with Crippen LogP contribution in [0.1, 0.15) is 36.7 Å². The summed E-state index contributed by atoms with van der Waals surface area (Å²) in [5.41, 5.74) is 1.38. The fourth-order valence-electron chi connectivity index (χ4n) is 2.35. The quantitative estimate of drug-likeness (QED) is 0.349. The van der Waals surface area contributed by atoms with Crippen LogP contribution in [0, 0.1) is 0 Å². The van der Waals surface area contributed by atoms with Crippen LogP contribution in [0.5, 0.6) is 17.2 Å². The Labute approximate surface area is 154 Å². The maximum absolute atomic E-state index is 12.4. The molecule has 0 fully saturated rings. The molecule has 0 atom stereocenters. The summed E-state index contributed by atoms with van der Waals surface area (Å²) in [5, 5.41) is 0. The zero-order valence-corrected chi connectivity index (χ0v) is 15.5. The lowest BCUT2D eigenvalue weighted by molar-refractivity contribution is 0.104. The molecule has 0 amide bonds. The molecule has 2 rings (SSSR count). The molecule has 4 heteroatoms. The average Bonchev–Trinajstić information content (AvgIpc) is 2.62. The molecular formula is C22H24O4. The molecule has 0 aliphatic carbocycles. The van der Waals surface area contributed by atoms with Crippen molar-refractivity contribution in [3.05, 3.63) is 72.0 Å². The molecule has 0 aliphatic rings. The van der Waals surface area contributed by atoms with Crippen LogP contribution in [0.25, 0.3) is 6.08 Å². The van der Waals surface area contributed by atoms with E-state index in [1.165, 1.54) is 6.08 Å². The molecule has 0 heterocycles. The van der Waals surface area contributed by atoms with Gasteiger partial charge in [0.15, 0.2) is 5.78 Å². The van der Waals surface area contributed by atoms with E-state index in [0.29, 0.717) is 36.0 Å². The van der Waals surface area contributed by atoms with Gasteiger partial charge in [-0.25, -0.2) is 0 Å². The third kappa shape index (κ3) is 5.52. The minimum Gasteiger partial charge on any atom is -0.494 e. The third-order valence-corrected chi connectivity index (χ3v) is 3.44. The molecule has 0 aliphatic heterocycles. The van der Waals surface area contributed by atoms with E-state index in [0.717, 1.165) is 11.3 Å². The van der Waals surface area contributed by atoms with Gasteiger partial charge in [0.25, 0.3) is 0 Å². The van der Waals surface area contributed by atoms with Crippen molar-refractivity contribution in [3.8, 4) is 17.2 Å². The Kier molecular flexibility index (Phi) is 7.03. The van der Waals surface area contributed by atoms with Crippen molar-refractivity contribution in [2.45, 2.75) is 20.8 Å². The van der Waals surface area contributed by atoms with Crippen LogP contribution in [0.4, 0.5) is 0 Å². The Morgan fingerprint density at radius 1 is 1.00 bits per heavy atom. The van der Waals surface area contributed by atoms with Crippen molar-refractivity contribution in [3.63, 3.8) is 0 Å². The first-order valence-corrected chi connectivity index (χ1v) is 8.59. The topological polar surface area (TPSA) is 44.8 Å². The summed E-state index contributed by atoms with van der Waals surface area (Å²) in [6, 6.07) is 12.5. The molecule has 4 nitrogen and oxygen atoms in total. The fourth-order valence-corrected chi connectivity index (χ4v) is 2.35. The second-order valence-electron chi connectivity index (χ2n) is 5.59. The largest absolute Gasteiger partial charge is 0.494 e. The van der Waals surface area contributed by atoms with E-state index < -0.39 is 0 Å². The number of benzene rings is 2. The van der Waals surface area contributed by atoms with Crippen molar-refractivity contribution < 1.29 is 19.0 Å². The molecule has 26 heavy (non-hydrogen) atoms. The zero-order valence-electron chi connectivity index (χ0n) is 15.5. The predicted octanol–water partition coefficient (Wildman–Crippen LogP) is 5.29. The van der Waals surface area contributed by atoms with Crippen LogP contribution in [0.3, 0.4) is 0 Å². The van der Waals surface area contributed by atoms with E-state index in [9.17, 15) is 4.79 Å². The number of rotatable bonds is 9. The number of ether oxygens (including phenoxy) is 3. The summed E-state index contributed by atoms with van der Waals surface area (Å²) in [6.45, 7) is 10.4. The predicted molar refractivity (Wildman–Crippen MR) is 104 cm³/mol. The summed E-state index contributed by atoms with van der Waals surface area (Å²) in [5.74, 6) is 2.60. The number of hydrogen-bond acceptors (Lipinski definition) is 4. The van der Waals surface area contributed by atoms with Crippen molar-refractivity contribution in [1.82, 2.24) is 0 Å². The highest BCUT2D eigenvalue weighted by Gasteiger charge is 2.06. The Balaban J connectivity index is 2.18. The summed E-state index contributed by atoms with van der Waals surface area (Å²) in [6.07, 6.45) is 3.27. The monoisotopic (exact) mass is 352 g/mol. The first-order valence-electron chi connectivity index (χ1n) is 8.59. The van der Waals surface area contributed by atoms with Gasteiger partial charge in [-0.15, -0.1) is 0 Å². The number of carbonyl (C=O) groups excluding carboxylic acids is 1. The lowest BCUT2D eigenvalue weighted by Gasteiger charge is -2.10. The SMILES string of the molecule is C=C(C)Oc1ccc(C(=O)/C=C/c2cc(OCC)ccc2OCC)cc1. The van der Waals surface area contributed by atoms with Gasteiger partial charge in [-0.2, -0.15) is 0 Å². The molecule has 0 radical (unpaired) electrons.